The summed E-state index contributed by atoms with van der Waals surface area (Å²) in [5, 5.41) is 6.82. The minimum absolute atomic E-state index is 1.31. The van der Waals surface area contributed by atoms with Crippen LogP contribution < -0.4 is 0 Å². The molecule has 1 heterocycles. The van der Waals surface area contributed by atoms with Crippen molar-refractivity contribution in [3.8, 4) is 10.9 Å². The molecule has 19 heavy (non-hydrogen) atoms. The van der Waals surface area contributed by atoms with Crippen molar-refractivity contribution in [3.63, 3.8) is 0 Å². The lowest BCUT2D eigenvalue weighted by Gasteiger charge is -2.10. The Morgan fingerprint density at radius 1 is 0.632 bits per heavy atom. The lowest BCUT2D eigenvalue weighted by molar-refractivity contribution is 1.74. The first kappa shape index (κ1) is 10.8. The van der Waals surface area contributed by atoms with Crippen LogP contribution in [0.5, 0.6) is 0 Å². The van der Waals surface area contributed by atoms with E-state index < -0.39 is 0 Å². The molecule has 0 bridgehead atoms. The molecule has 0 nitrogen and oxygen atoms in total. The van der Waals surface area contributed by atoms with E-state index in [9.17, 15) is 0 Å². The lowest BCUT2D eigenvalue weighted by atomic mass is 10.0. The molecule has 3 aromatic carbocycles. The Hall–Kier alpha value is -2.04. The maximum atomic E-state index is 2.32. The van der Waals surface area contributed by atoms with Gasteiger partial charge in [-0.25, -0.2) is 0 Å². The van der Waals surface area contributed by atoms with Crippen molar-refractivity contribution in [3.05, 3.63) is 72.8 Å². The van der Waals surface area contributed by atoms with Crippen LogP contribution in [0.2, 0.25) is 0 Å². The zero-order valence-electron chi connectivity index (χ0n) is 10.4. The third-order valence-electron chi connectivity index (χ3n) is 3.54. The molecular formula is C18H12P-. The summed E-state index contributed by atoms with van der Waals surface area (Å²) in [6.07, 6.45) is 0. The molecule has 0 radical (unpaired) electrons. The van der Waals surface area contributed by atoms with Gasteiger partial charge in [-0.15, -0.1) is 0 Å². The van der Waals surface area contributed by atoms with Crippen molar-refractivity contribution in [2.75, 3.05) is 0 Å². The van der Waals surface area contributed by atoms with Crippen LogP contribution in [-0.4, -0.2) is 0 Å². The standard InChI is InChI=1S/C18H12P/c1-3-9-15-13(6-1)8-5-10-16(15)18-12-14-7-2-4-11-17(14)19-18/h1-12H/q-1. The summed E-state index contributed by atoms with van der Waals surface area (Å²) in [6.45, 7) is 0. The molecule has 0 saturated carbocycles. The van der Waals surface area contributed by atoms with Crippen LogP contribution >= 0.6 is 8.19 Å². The molecule has 0 unspecified atom stereocenters. The minimum Gasteiger partial charge on any atom is -0.514 e. The topological polar surface area (TPSA) is 0 Å². The van der Waals surface area contributed by atoms with Crippen LogP contribution in [0.1, 0.15) is 0 Å². The van der Waals surface area contributed by atoms with E-state index in [0.717, 1.165) is 0 Å². The quantitative estimate of drug-likeness (QED) is 0.395. The Balaban J connectivity index is 2.03. The first-order valence-electron chi connectivity index (χ1n) is 6.42. The average Bonchev–Trinajstić information content (AvgIpc) is 2.90. The van der Waals surface area contributed by atoms with Crippen molar-refractivity contribution >= 4 is 29.5 Å². The van der Waals surface area contributed by atoms with Crippen molar-refractivity contribution in [2.24, 2.45) is 0 Å². The Labute approximate surface area is 113 Å². The van der Waals surface area contributed by atoms with E-state index in [0.29, 0.717) is 0 Å². The number of hydrogen-bond acceptors (Lipinski definition) is 0. The van der Waals surface area contributed by atoms with Gasteiger partial charge in [0.15, 0.2) is 0 Å². The smallest absolute Gasteiger partial charge is 0.0132 e. The lowest BCUT2D eigenvalue weighted by Crippen LogP contribution is -1.76. The van der Waals surface area contributed by atoms with Gasteiger partial charge in [-0.05, 0) is 16.3 Å². The fourth-order valence-electron chi connectivity index (χ4n) is 2.61. The number of benzene rings is 3. The molecule has 0 atom stereocenters. The molecule has 0 aliphatic carbocycles. The molecule has 1 aromatic heterocycles. The first-order chi connectivity index (χ1) is 9.42. The molecule has 0 aliphatic heterocycles. The highest BCUT2D eigenvalue weighted by molar-refractivity contribution is 7.40. The molecule has 1 heteroatoms. The number of rotatable bonds is 1. The van der Waals surface area contributed by atoms with Gasteiger partial charge in [-0.2, -0.15) is 10.4 Å². The van der Waals surface area contributed by atoms with E-state index in [2.05, 4.69) is 72.8 Å². The van der Waals surface area contributed by atoms with Crippen LogP contribution in [-0.2, 0) is 0 Å². The third kappa shape index (κ3) is 1.77. The van der Waals surface area contributed by atoms with Gasteiger partial charge in [0, 0.05) is 0 Å². The molecule has 4 rings (SSSR count). The van der Waals surface area contributed by atoms with Crippen LogP contribution in [0.15, 0.2) is 72.8 Å². The predicted molar refractivity (Wildman–Crippen MR) is 85.0 cm³/mol. The van der Waals surface area contributed by atoms with Gasteiger partial charge >= 0.3 is 0 Å². The highest BCUT2D eigenvalue weighted by atomic mass is 31.0. The molecule has 0 N–H and O–H groups in total. The van der Waals surface area contributed by atoms with Gasteiger partial charge in [0.05, 0.1) is 0 Å². The van der Waals surface area contributed by atoms with Gasteiger partial charge in [-0.3, -0.25) is 0 Å². The van der Waals surface area contributed by atoms with E-state index in [1.165, 1.54) is 40.3 Å². The Kier molecular flexibility index (Phi) is 2.43. The summed E-state index contributed by atoms with van der Waals surface area (Å²) in [5.74, 6) is 0. The fraction of sp³-hybridized carbons (Fsp3) is 0. The third-order valence-corrected chi connectivity index (χ3v) is 4.79. The highest BCUT2D eigenvalue weighted by Crippen LogP contribution is 2.40. The van der Waals surface area contributed by atoms with Crippen LogP contribution in [0.4, 0.5) is 0 Å². The van der Waals surface area contributed by atoms with Crippen molar-refractivity contribution in [1.29, 1.82) is 0 Å². The molecule has 4 aromatic rings. The van der Waals surface area contributed by atoms with Crippen LogP contribution in [0.25, 0.3) is 32.1 Å². The Morgan fingerprint density at radius 2 is 1.37 bits per heavy atom. The van der Waals surface area contributed by atoms with E-state index in [1.54, 1.807) is 0 Å². The van der Waals surface area contributed by atoms with Crippen molar-refractivity contribution in [2.45, 2.75) is 0 Å². The molecule has 0 amide bonds. The second kappa shape index (κ2) is 4.26. The molecular weight excluding hydrogens is 247 g/mol. The summed E-state index contributed by atoms with van der Waals surface area (Å²) in [5.41, 5.74) is 1.36. The maximum absolute atomic E-state index is 2.32. The van der Waals surface area contributed by atoms with Gasteiger partial charge in [-0.1, -0.05) is 78.2 Å². The average molecular weight is 259 g/mol. The van der Waals surface area contributed by atoms with E-state index >= 15 is 0 Å². The van der Waals surface area contributed by atoms with E-state index in [1.807, 2.05) is 0 Å². The van der Waals surface area contributed by atoms with E-state index in [-0.39, 0.29) is 0 Å². The summed E-state index contributed by atoms with van der Waals surface area (Å²) in [7, 11) is 1.32. The summed E-state index contributed by atoms with van der Waals surface area (Å²) in [6, 6.07) is 26.1. The molecule has 0 aliphatic rings. The first-order valence-corrected chi connectivity index (χ1v) is 7.32. The van der Waals surface area contributed by atoms with E-state index in [4.69, 9.17) is 0 Å². The van der Waals surface area contributed by atoms with Gasteiger partial charge < -0.3 is 8.19 Å². The summed E-state index contributed by atoms with van der Waals surface area (Å²) >= 11 is 0. The second-order valence-corrected chi connectivity index (χ2v) is 5.91. The summed E-state index contributed by atoms with van der Waals surface area (Å²) < 4.78 is 0. The zero-order chi connectivity index (χ0) is 12.7. The van der Waals surface area contributed by atoms with Gasteiger partial charge in [0.1, 0.15) is 0 Å². The fourth-order valence-corrected chi connectivity index (χ4v) is 3.81. The van der Waals surface area contributed by atoms with Crippen LogP contribution in [0, 0.1) is 0 Å². The number of hydrogen-bond donors (Lipinski definition) is 0. The molecule has 0 fully saturated rings. The monoisotopic (exact) mass is 259 g/mol. The van der Waals surface area contributed by atoms with Crippen molar-refractivity contribution in [1.82, 2.24) is 0 Å². The molecule has 0 spiro atoms. The Morgan fingerprint density at radius 3 is 2.26 bits per heavy atom. The summed E-state index contributed by atoms with van der Waals surface area (Å²) in [4.78, 5) is 0. The Bertz CT molecular complexity index is 833. The van der Waals surface area contributed by atoms with Gasteiger partial charge in [0.2, 0.25) is 0 Å². The number of fused-ring (bicyclic) bond motifs is 2. The second-order valence-electron chi connectivity index (χ2n) is 4.73. The minimum atomic E-state index is 1.31. The van der Waals surface area contributed by atoms with Gasteiger partial charge in [0.25, 0.3) is 0 Å². The predicted octanol–water partition coefficient (Wildman–Crippen LogP) is 5.96. The highest BCUT2D eigenvalue weighted by Gasteiger charge is 1.99. The molecule has 0 saturated heterocycles. The normalized spacial score (nSPS) is 11.6. The SMILES string of the molecule is c1ccc2[p-]c(-c3cccc4ccccc34)cc2c1. The van der Waals surface area contributed by atoms with Crippen molar-refractivity contribution < 1.29 is 0 Å². The zero-order valence-corrected chi connectivity index (χ0v) is 11.3. The largest absolute Gasteiger partial charge is 0.514 e. The maximum Gasteiger partial charge on any atom is -0.0132 e. The van der Waals surface area contributed by atoms with Crippen LogP contribution in [0.3, 0.4) is 0 Å². The molecule has 90 valence electrons.